The molecule has 0 atom stereocenters. The highest BCUT2D eigenvalue weighted by Crippen LogP contribution is 2.11. The van der Waals surface area contributed by atoms with E-state index in [9.17, 15) is 9.59 Å². The van der Waals surface area contributed by atoms with Gasteiger partial charge in [-0.2, -0.15) is 0 Å². The van der Waals surface area contributed by atoms with E-state index in [1.165, 1.54) is 26.8 Å². The summed E-state index contributed by atoms with van der Waals surface area (Å²) in [6.45, 7) is 5.63. The molecule has 0 spiro atoms. The van der Waals surface area contributed by atoms with Gasteiger partial charge in [-0.05, 0) is 20.8 Å². The molecule has 2 heterocycles. The van der Waals surface area contributed by atoms with Crippen LogP contribution in [0.25, 0.3) is 4.96 Å². The lowest BCUT2D eigenvalue weighted by molar-refractivity contribution is 0.0752. The van der Waals surface area contributed by atoms with Gasteiger partial charge < -0.3 is 4.90 Å². The molecule has 0 bridgehead atoms. The van der Waals surface area contributed by atoms with Crippen molar-refractivity contribution >= 4 is 22.2 Å². The number of carbonyl (C=O) groups is 1. The van der Waals surface area contributed by atoms with Gasteiger partial charge in [0.05, 0.1) is 0 Å². The average Bonchev–Trinajstić information content (AvgIpc) is 2.70. The minimum Gasteiger partial charge on any atom is -0.339 e. The van der Waals surface area contributed by atoms with E-state index >= 15 is 0 Å². The van der Waals surface area contributed by atoms with Crippen LogP contribution in [0.1, 0.15) is 29.9 Å². The third kappa shape index (κ3) is 1.92. The van der Waals surface area contributed by atoms with Gasteiger partial charge in [-0.25, -0.2) is 4.98 Å². The number of nitrogens with zero attached hydrogens (tertiary/aromatic N) is 3. The molecule has 0 fully saturated rings. The highest BCUT2D eigenvalue weighted by Gasteiger charge is 2.20. The summed E-state index contributed by atoms with van der Waals surface area (Å²) in [5.74, 6) is -0.289. The molecule has 2 aromatic heterocycles. The molecule has 2 aromatic rings. The van der Waals surface area contributed by atoms with Crippen molar-refractivity contribution in [2.24, 2.45) is 0 Å². The quantitative estimate of drug-likeness (QED) is 0.827. The molecule has 0 aliphatic carbocycles. The molecule has 0 aliphatic rings. The number of aromatic nitrogens is 2. The van der Waals surface area contributed by atoms with E-state index < -0.39 is 0 Å². The van der Waals surface area contributed by atoms with Crippen molar-refractivity contribution in [3.05, 3.63) is 33.2 Å². The second-order valence-electron chi connectivity index (χ2n) is 4.48. The molecule has 0 unspecified atom stereocenters. The molecule has 5 nitrogen and oxygen atoms in total. The predicted molar refractivity (Wildman–Crippen MR) is 71.3 cm³/mol. The number of carbonyl (C=O) groups excluding carboxylic acids is 1. The Bertz CT molecular complexity index is 657. The van der Waals surface area contributed by atoms with Crippen molar-refractivity contribution in [3.8, 4) is 0 Å². The molecule has 2 rings (SSSR count). The van der Waals surface area contributed by atoms with Gasteiger partial charge >= 0.3 is 0 Å². The number of aryl methyl sites for hydroxylation is 1. The van der Waals surface area contributed by atoms with Gasteiger partial charge in [0.15, 0.2) is 4.96 Å². The molecular weight excluding hydrogens is 250 g/mol. The molecule has 0 aromatic carbocycles. The van der Waals surface area contributed by atoms with Crippen molar-refractivity contribution in [2.75, 3.05) is 7.05 Å². The van der Waals surface area contributed by atoms with Gasteiger partial charge in [0.1, 0.15) is 5.56 Å². The number of thiazole rings is 1. The van der Waals surface area contributed by atoms with E-state index in [2.05, 4.69) is 4.98 Å². The molecule has 0 saturated carbocycles. The first-order chi connectivity index (χ1) is 8.43. The number of hydrogen-bond acceptors (Lipinski definition) is 4. The van der Waals surface area contributed by atoms with Crippen molar-refractivity contribution in [2.45, 2.75) is 26.8 Å². The summed E-state index contributed by atoms with van der Waals surface area (Å²) in [5.41, 5.74) is 0.621. The fourth-order valence-corrected chi connectivity index (χ4v) is 2.42. The van der Waals surface area contributed by atoms with E-state index in [4.69, 9.17) is 0 Å². The third-order valence-corrected chi connectivity index (χ3v) is 3.90. The van der Waals surface area contributed by atoms with Crippen LogP contribution in [-0.2, 0) is 0 Å². The van der Waals surface area contributed by atoms with Crippen molar-refractivity contribution in [1.29, 1.82) is 0 Å². The molecular formula is C12H15N3O2S. The van der Waals surface area contributed by atoms with Gasteiger partial charge in [-0.15, -0.1) is 11.3 Å². The Kier molecular flexibility index (Phi) is 3.21. The summed E-state index contributed by atoms with van der Waals surface area (Å²) in [6, 6.07) is 0.0427. The third-order valence-electron chi connectivity index (χ3n) is 2.94. The van der Waals surface area contributed by atoms with Gasteiger partial charge in [0.2, 0.25) is 0 Å². The SMILES string of the molecule is Cc1csc2ncc(C(=O)N(C)C(C)C)c(=O)n12. The molecule has 0 saturated heterocycles. The lowest BCUT2D eigenvalue weighted by Gasteiger charge is -2.20. The molecule has 0 N–H and O–H groups in total. The Labute approximate surface area is 109 Å². The van der Waals surface area contributed by atoms with Crippen LogP contribution in [0.15, 0.2) is 16.4 Å². The monoisotopic (exact) mass is 265 g/mol. The van der Waals surface area contributed by atoms with Gasteiger partial charge in [-0.3, -0.25) is 14.0 Å². The number of hydrogen-bond donors (Lipinski definition) is 0. The Morgan fingerprint density at radius 1 is 1.50 bits per heavy atom. The Morgan fingerprint density at radius 2 is 2.17 bits per heavy atom. The van der Waals surface area contributed by atoms with E-state index in [0.29, 0.717) is 4.96 Å². The lowest BCUT2D eigenvalue weighted by atomic mass is 10.2. The molecule has 1 amide bonds. The number of fused-ring (bicyclic) bond motifs is 1. The van der Waals surface area contributed by atoms with Crippen molar-refractivity contribution in [1.82, 2.24) is 14.3 Å². The van der Waals surface area contributed by atoms with Crippen LogP contribution < -0.4 is 5.56 Å². The van der Waals surface area contributed by atoms with Gasteiger partial charge in [0, 0.05) is 30.4 Å². The van der Waals surface area contributed by atoms with Crippen LogP contribution in [0, 0.1) is 6.92 Å². The maximum atomic E-state index is 12.3. The second-order valence-corrected chi connectivity index (χ2v) is 5.32. The molecule has 6 heteroatoms. The molecule has 0 aliphatic heterocycles. The summed E-state index contributed by atoms with van der Waals surface area (Å²) in [6.07, 6.45) is 1.37. The van der Waals surface area contributed by atoms with Crippen LogP contribution in [0.3, 0.4) is 0 Å². The van der Waals surface area contributed by atoms with Crippen LogP contribution in [0.4, 0.5) is 0 Å². The van der Waals surface area contributed by atoms with E-state index in [0.717, 1.165) is 5.69 Å². The summed E-state index contributed by atoms with van der Waals surface area (Å²) in [7, 11) is 1.68. The Morgan fingerprint density at radius 3 is 2.78 bits per heavy atom. The van der Waals surface area contributed by atoms with Gasteiger partial charge in [0.25, 0.3) is 11.5 Å². The first-order valence-corrected chi connectivity index (χ1v) is 6.54. The fraction of sp³-hybridized carbons (Fsp3) is 0.417. The number of rotatable bonds is 2. The van der Waals surface area contributed by atoms with Crippen molar-refractivity contribution in [3.63, 3.8) is 0 Å². The summed E-state index contributed by atoms with van der Waals surface area (Å²) in [5, 5.41) is 1.85. The minimum atomic E-state index is -0.295. The highest BCUT2D eigenvalue weighted by atomic mass is 32.1. The smallest absolute Gasteiger partial charge is 0.271 e. The first kappa shape index (κ1) is 12.8. The maximum Gasteiger partial charge on any atom is 0.271 e. The number of amides is 1. The highest BCUT2D eigenvalue weighted by molar-refractivity contribution is 7.15. The van der Waals surface area contributed by atoms with Crippen molar-refractivity contribution < 1.29 is 4.79 Å². The van der Waals surface area contributed by atoms with Crippen LogP contribution in [0.2, 0.25) is 0 Å². The van der Waals surface area contributed by atoms with Crippen LogP contribution in [0.5, 0.6) is 0 Å². The van der Waals surface area contributed by atoms with E-state index in [-0.39, 0.29) is 23.1 Å². The van der Waals surface area contributed by atoms with E-state index in [1.807, 2.05) is 26.2 Å². The predicted octanol–water partition coefficient (Wildman–Crippen LogP) is 1.54. The summed E-state index contributed by atoms with van der Waals surface area (Å²) >= 11 is 1.39. The standard InChI is InChI=1S/C12H15N3O2S/c1-7(2)14(4)10(16)9-5-13-12-15(11(9)17)8(3)6-18-12/h5-7H,1-4H3. The summed E-state index contributed by atoms with van der Waals surface area (Å²) < 4.78 is 1.48. The minimum absolute atomic E-state index is 0.0427. The average molecular weight is 265 g/mol. The topological polar surface area (TPSA) is 54.7 Å². The fourth-order valence-electron chi connectivity index (χ4n) is 1.60. The van der Waals surface area contributed by atoms with Crippen LogP contribution in [-0.4, -0.2) is 33.3 Å². The molecule has 96 valence electrons. The normalized spacial score (nSPS) is 11.2. The first-order valence-electron chi connectivity index (χ1n) is 5.66. The lowest BCUT2D eigenvalue weighted by Crippen LogP contribution is -2.37. The second kappa shape index (κ2) is 4.53. The maximum absolute atomic E-state index is 12.3. The Hall–Kier alpha value is -1.69. The van der Waals surface area contributed by atoms with Gasteiger partial charge in [-0.1, -0.05) is 0 Å². The Balaban J connectivity index is 2.59. The molecule has 0 radical (unpaired) electrons. The van der Waals surface area contributed by atoms with Crippen LogP contribution >= 0.6 is 11.3 Å². The zero-order chi connectivity index (χ0) is 13.4. The molecule has 18 heavy (non-hydrogen) atoms. The van der Waals surface area contributed by atoms with E-state index in [1.54, 1.807) is 7.05 Å². The zero-order valence-electron chi connectivity index (χ0n) is 10.8. The zero-order valence-corrected chi connectivity index (χ0v) is 11.6. The largest absolute Gasteiger partial charge is 0.339 e. The summed E-state index contributed by atoms with van der Waals surface area (Å²) in [4.78, 5) is 30.7.